The van der Waals surface area contributed by atoms with Crippen LogP contribution in [0, 0.1) is 0 Å². The summed E-state index contributed by atoms with van der Waals surface area (Å²) in [6.07, 6.45) is -0.0126. The molecule has 14 nitrogen and oxygen atoms in total. The Kier molecular flexibility index (Phi) is 13.3. The second-order valence-electron chi connectivity index (χ2n) is 8.44. The highest BCUT2D eigenvalue weighted by Gasteiger charge is 2.31. The van der Waals surface area contributed by atoms with Crippen molar-refractivity contribution >= 4 is 35.5 Å². The molecule has 0 spiro atoms. The van der Waals surface area contributed by atoms with Crippen LogP contribution in [0.3, 0.4) is 0 Å². The highest BCUT2D eigenvalue weighted by Crippen LogP contribution is 2.07. The van der Waals surface area contributed by atoms with Gasteiger partial charge in [-0.2, -0.15) is 0 Å². The molecule has 0 aromatic heterocycles. The summed E-state index contributed by atoms with van der Waals surface area (Å²) in [6.45, 7) is 0.326. The molecule has 0 saturated heterocycles. The lowest BCUT2D eigenvalue weighted by Gasteiger charge is -2.25. The predicted molar refractivity (Wildman–Crippen MR) is 132 cm³/mol. The molecule has 1 rings (SSSR count). The number of hydrogen-bond acceptors (Lipinski definition) is 8. The van der Waals surface area contributed by atoms with E-state index in [1.807, 2.05) is 0 Å². The standard InChI is InChI=1S/C23H35N7O7/c24-9-5-4-8-15(21(34)30-17(23(36)37)12-19(27)32)28-22(35)16(10-13-6-2-1-3-7-13)29-20(33)14(25)11-18(26)31/h1-3,6-7,14-17H,4-5,8-12,24-25H2,(H2,26,31)(H2,27,32)(H,28,35)(H,29,33)(H,30,34)(H,36,37). The molecule has 0 heterocycles. The fourth-order valence-corrected chi connectivity index (χ4v) is 3.35. The average Bonchev–Trinajstić information content (AvgIpc) is 2.82. The number of benzene rings is 1. The Morgan fingerprint density at radius 3 is 1.84 bits per heavy atom. The molecule has 1 aromatic carbocycles. The van der Waals surface area contributed by atoms with Crippen LogP contribution in [-0.2, 0) is 35.2 Å². The number of nitrogens with one attached hydrogen (secondary N) is 3. The number of carbonyl (C=O) groups is 6. The van der Waals surface area contributed by atoms with Crippen LogP contribution in [-0.4, -0.2) is 71.3 Å². The molecule has 0 bridgehead atoms. The van der Waals surface area contributed by atoms with E-state index in [4.69, 9.17) is 22.9 Å². The van der Waals surface area contributed by atoms with Crippen molar-refractivity contribution in [3.8, 4) is 0 Å². The molecule has 1 aromatic rings. The van der Waals surface area contributed by atoms with Crippen LogP contribution in [0.4, 0.5) is 0 Å². The first-order valence-electron chi connectivity index (χ1n) is 11.6. The molecular weight excluding hydrogens is 486 g/mol. The van der Waals surface area contributed by atoms with Gasteiger partial charge in [0.15, 0.2) is 0 Å². The number of amides is 5. The fraction of sp³-hybridized carbons (Fsp3) is 0.478. The summed E-state index contributed by atoms with van der Waals surface area (Å²) in [4.78, 5) is 72.3. The number of rotatable bonds is 17. The van der Waals surface area contributed by atoms with Crippen molar-refractivity contribution in [2.24, 2.45) is 22.9 Å². The van der Waals surface area contributed by atoms with E-state index < -0.39 is 72.5 Å². The first-order valence-corrected chi connectivity index (χ1v) is 11.6. The third-order valence-corrected chi connectivity index (χ3v) is 5.27. The van der Waals surface area contributed by atoms with Gasteiger partial charge in [0.1, 0.15) is 18.1 Å². The number of carboxylic acid groups (broad SMARTS) is 1. The van der Waals surface area contributed by atoms with Gasteiger partial charge in [0.05, 0.1) is 18.9 Å². The van der Waals surface area contributed by atoms with Crippen molar-refractivity contribution in [2.75, 3.05) is 6.54 Å². The third-order valence-electron chi connectivity index (χ3n) is 5.27. The molecule has 0 saturated carbocycles. The van der Waals surface area contributed by atoms with Crippen LogP contribution in [0.25, 0.3) is 0 Å². The summed E-state index contributed by atoms with van der Waals surface area (Å²) in [6, 6.07) is 3.40. The molecule has 37 heavy (non-hydrogen) atoms. The van der Waals surface area contributed by atoms with Crippen molar-refractivity contribution in [3.05, 3.63) is 35.9 Å². The lowest BCUT2D eigenvalue weighted by Crippen LogP contribution is -2.58. The van der Waals surface area contributed by atoms with E-state index in [1.165, 1.54) is 0 Å². The topological polar surface area (TPSA) is 263 Å². The van der Waals surface area contributed by atoms with E-state index in [2.05, 4.69) is 16.0 Å². The Labute approximate surface area is 213 Å². The lowest BCUT2D eigenvalue weighted by molar-refractivity contribution is -0.143. The van der Waals surface area contributed by atoms with Gasteiger partial charge >= 0.3 is 5.97 Å². The van der Waals surface area contributed by atoms with Crippen molar-refractivity contribution < 1.29 is 33.9 Å². The molecule has 5 amide bonds. The first kappa shape index (κ1) is 31.0. The zero-order valence-electron chi connectivity index (χ0n) is 20.4. The predicted octanol–water partition coefficient (Wildman–Crippen LogP) is -3.02. The van der Waals surface area contributed by atoms with Crippen molar-refractivity contribution in [2.45, 2.75) is 62.7 Å². The second kappa shape index (κ2) is 15.9. The monoisotopic (exact) mass is 521 g/mol. The maximum absolute atomic E-state index is 13.2. The van der Waals surface area contributed by atoms with Crippen molar-refractivity contribution in [1.82, 2.24) is 16.0 Å². The maximum atomic E-state index is 13.2. The van der Waals surface area contributed by atoms with Crippen LogP contribution in [0.1, 0.15) is 37.7 Å². The van der Waals surface area contributed by atoms with Crippen LogP contribution in [0.5, 0.6) is 0 Å². The molecular formula is C23H35N7O7. The van der Waals surface area contributed by atoms with Gasteiger partial charge in [-0.25, -0.2) is 4.79 Å². The molecule has 4 unspecified atom stereocenters. The molecule has 4 atom stereocenters. The quantitative estimate of drug-likeness (QED) is 0.0968. The minimum absolute atomic E-state index is 0.0261. The smallest absolute Gasteiger partial charge is 0.326 e. The summed E-state index contributed by atoms with van der Waals surface area (Å²) in [5, 5.41) is 16.5. The number of primary amides is 2. The summed E-state index contributed by atoms with van der Waals surface area (Å²) < 4.78 is 0. The second-order valence-corrected chi connectivity index (χ2v) is 8.44. The molecule has 0 fully saturated rings. The first-order chi connectivity index (χ1) is 17.4. The Hall–Kier alpha value is -4.04. The highest BCUT2D eigenvalue weighted by atomic mass is 16.4. The van der Waals surface area contributed by atoms with E-state index in [0.29, 0.717) is 24.9 Å². The molecule has 0 aliphatic rings. The number of hydrogen-bond donors (Lipinski definition) is 8. The number of unbranched alkanes of at least 4 members (excludes halogenated alkanes) is 1. The summed E-state index contributed by atoms with van der Waals surface area (Å²) in [5.74, 6) is -5.61. The zero-order chi connectivity index (χ0) is 28.0. The molecule has 12 N–H and O–H groups in total. The van der Waals surface area contributed by atoms with Gasteiger partial charge in [-0.15, -0.1) is 0 Å². The Bertz CT molecular complexity index is 958. The largest absolute Gasteiger partial charge is 0.480 e. The molecule has 0 aliphatic heterocycles. The zero-order valence-corrected chi connectivity index (χ0v) is 20.4. The third kappa shape index (κ3) is 12.0. The fourth-order valence-electron chi connectivity index (χ4n) is 3.35. The Morgan fingerprint density at radius 2 is 1.30 bits per heavy atom. The van der Waals surface area contributed by atoms with Crippen LogP contribution < -0.4 is 38.9 Å². The summed E-state index contributed by atoms with van der Waals surface area (Å²) in [7, 11) is 0. The van der Waals surface area contributed by atoms with Crippen molar-refractivity contribution in [1.29, 1.82) is 0 Å². The SMILES string of the molecule is NCCCCC(NC(=O)C(Cc1ccccc1)NC(=O)C(N)CC(N)=O)C(=O)NC(CC(N)=O)C(=O)O. The van der Waals surface area contributed by atoms with E-state index in [0.717, 1.165) is 0 Å². The van der Waals surface area contributed by atoms with Gasteiger partial charge in [0.25, 0.3) is 0 Å². The lowest BCUT2D eigenvalue weighted by atomic mass is 10.0. The molecule has 0 radical (unpaired) electrons. The van der Waals surface area contributed by atoms with E-state index in [1.54, 1.807) is 30.3 Å². The minimum Gasteiger partial charge on any atom is -0.480 e. The summed E-state index contributed by atoms with van der Waals surface area (Å²) in [5.41, 5.74) is 22.0. The van der Waals surface area contributed by atoms with Gasteiger partial charge in [-0.3, -0.25) is 24.0 Å². The normalized spacial score (nSPS) is 13.9. The van der Waals surface area contributed by atoms with Gasteiger partial charge in [-0.05, 0) is 31.4 Å². The molecule has 0 aliphatic carbocycles. The van der Waals surface area contributed by atoms with Gasteiger partial charge in [0.2, 0.25) is 29.5 Å². The Morgan fingerprint density at radius 1 is 0.757 bits per heavy atom. The number of carboxylic acids is 1. The Balaban J connectivity index is 3.11. The number of nitrogens with two attached hydrogens (primary N) is 4. The van der Waals surface area contributed by atoms with Crippen LogP contribution >= 0.6 is 0 Å². The van der Waals surface area contributed by atoms with Crippen LogP contribution in [0.15, 0.2) is 30.3 Å². The van der Waals surface area contributed by atoms with Crippen LogP contribution in [0.2, 0.25) is 0 Å². The van der Waals surface area contributed by atoms with Gasteiger partial charge < -0.3 is 44.0 Å². The van der Waals surface area contributed by atoms with Crippen molar-refractivity contribution in [3.63, 3.8) is 0 Å². The maximum Gasteiger partial charge on any atom is 0.326 e. The highest BCUT2D eigenvalue weighted by molar-refractivity contribution is 5.95. The van der Waals surface area contributed by atoms with Gasteiger partial charge in [-0.1, -0.05) is 30.3 Å². The molecule has 204 valence electrons. The summed E-state index contributed by atoms with van der Waals surface area (Å²) >= 11 is 0. The molecule has 14 heteroatoms. The van der Waals surface area contributed by atoms with E-state index in [9.17, 15) is 33.9 Å². The van der Waals surface area contributed by atoms with Gasteiger partial charge in [0, 0.05) is 6.42 Å². The number of aliphatic carboxylic acids is 1. The number of carbonyl (C=O) groups excluding carboxylic acids is 5. The minimum atomic E-state index is -1.59. The average molecular weight is 522 g/mol. The van der Waals surface area contributed by atoms with E-state index in [-0.39, 0.29) is 12.8 Å². The van der Waals surface area contributed by atoms with E-state index >= 15 is 0 Å².